The van der Waals surface area contributed by atoms with Gasteiger partial charge in [-0.05, 0) is 18.7 Å². The first-order valence-electron chi connectivity index (χ1n) is 4.75. The first kappa shape index (κ1) is 9.86. The average molecular weight is 207 g/mol. The molecule has 15 heavy (non-hydrogen) atoms. The van der Waals surface area contributed by atoms with Crippen molar-refractivity contribution in [1.29, 1.82) is 0 Å². The number of para-hydroxylation sites is 1. The maximum absolute atomic E-state index is 9.59. The molecule has 1 aromatic carbocycles. The number of rotatable bonds is 3. The molecular weight excluding hydrogens is 194 g/mol. The smallest absolute Gasteiger partial charge is 0.179 e. The fraction of sp³-hybridized carbons (Fsp3) is 0.273. The third-order valence-corrected chi connectivity index (χ3v) is 2.29. The zero-order valence-electron chi connectivity index (χ0n) is 8.49. The molecular formula is C11H13NO3. The number of fused-ring (bicyclic) bond motifs is 1. The van der Waals surface area contributed by atoms with Crippen LogP contribution >= 0.6 is 0 Å². The summed E-state index contributed by atoms with van der Waals surface area (Å²) < 4.78 is 10.8. The van der Waals surface area contributed by atoms with Crippen molar-refractivity contribution in [2.75, 3.05) is 13.7 Å². The quantitative estimate of drug-likeness (QED) is 0.802. The van der Waals surface area contributed by atoms with Gasteiger partial charge in [0.25, 0.3) is 0 Å². The number of phenols is 1. The Morgan fingerprint density at radius 1 is 1.47 bits per heavy atom. The van der Waals surface area contributed by atoms with E-state index in [2.05, 4.69) is 0 Å². The molecule has 0 unspecified atom stereocenters. The molecule has 2 rings (SSSR count). The second-order valence-electron chi connectivity index (χ2n) is 3.25. The molecule has 0 aliphatic carbocycles. The summed E-state index contributed by atoms with van der Waals surface area (Å²) in [5, 5.41) is 10.4. The Balaban J connectivity index is 2.67. The maximum atomic E-state index is 9.59. The monoisotopic (exact) mass is 207 g/mol. The van der Waals surface area contributed by atoms with Crippen LogP contribution < -0.4 is 10.5 Å². The normalized spacial score (nSPS) is 10.8. The lowest BCUT2D eigenvalue weighted by Crippen LogP contribution is -2.02. The molecule has 3 N–H and O–H groups in total. The van der Waals surface area contributed by atoms with Gasteiger partial charge in [0.1, 0.15) is 5.76 Å². The molecule has 1 aromatic heterocycles. The Bertz CT molecular complexity index is 476. The summed E-state index contributed by atoms with van der Waals surface area (Å²) in [7, 11) is 1.58. The average Bonchev–Trinajstić information content (AvgIpc) is 2.58. The lowest BCUT2D eigenvalue weighted by Gasteiger charge is -1.98. The third kappa shape index (κ3) is 1.53. The number of ether oxygens (including phenoxy) is 1. The molecule has 0 fully saturated rings. The zero-order chi connectivity index (χ0) is 10.8. The van der Waals surface area contributed by atoms with Gasteiger partial charge in [0, 0.05) is 6.42 Å². The van der Waals surface area contributed by atoms with Gasteiger partial charge in [0.15, 0.2) is 17.1 Å². The van der Waals surface area contributed by atoms with Crippen LogP contribution in [0.2, 0.25) is 0 Å². The van der Waals surface area contributed by atoms with Crippen molar-refractivity contribution < 1.29 is 14.3 Å². The number of benzene rings is 1. The molecule has 0 aliphatic rings. The van der Waals surface area contributed by atoms with E-state index in [0.717, 1.165) is 5.39 Å². The summed E-state index contributed by atoms with van der Waals surface area (Å²) in [6, 6.07) is 5.18. The molecule has 0 saturated heterocycles. The van der Waals surface area contributed by atoms with E-state index in [1.807, 2.05) is 6.07 Å². The van der Waals surface area contributed by atoms with Crippen molar-refractivity contribution >= 4 is 11.0 Å². The summed E-state index contributed by atoms with van der Waals surface area (Å²) in [5.41, 5.74) is 5.92. The number of phenolic OH excluding ortho intramolecular Hbond substituents is 1. The second kappa shape index (κ2) is 3.82. The van der Waals surface area contributed by atoms with Gasteiger partial charge in [0.2, 0.25) is 0 Å². The highest BCUT2D eigenvalue weighted by Gasteiger charge is 2.16. The van der Waals surface area contributed by atoms with Crippen LogP contribution in [0, 0.1) is 0 Å². The second-order valence-corrected chi connectivity index (χ2v) is 3.25. The lowest BCUT2D eigenvalue weighted by molar-refractivity contribution is 0.395. The molecule has 80 valence electrons. The summed E-state index contributed by atoms with van der Waals surface area (Å²) in [6.45, 7) is 0.483. The van der Waals surface area contributed by atoms with Gasteiger partial charge < -0.3 is 20.0 Å². The van der Waals surface area contributed by atoms with Crippen molar-refractivity contribution in [3.05, 3.63) is 24.0 Å². The van der Waals surface area contributed by atoms with E-state index in [9.17, 15) is 5.11 Å². The summed E-state index contributed by atoms with van der Waals surface area (Å²) in [4.78, 5) is 0. The highest BCUT2D eigenvalue weighted by molar-refractivity contribution is 5.89. The fourth-order valence-corrected chi connectivity index (χ4v) is 1.65. The molecule has 0 atom stereocenters. The van der Waals surface area contributed by atoms with Crippen molar-refractivity contribution in [2.45, 2.75) is 6.42 Å². The van der Waals surface area contributed by atoms with Crippen molar-refractivity contribution in [3.8, 4) is 11.5 Å². The lowest BCUT2D eigenvalue weighted by atomic mass is 10.2. The van der Waals surface area contributed by atoms with Crippen molar-refractivity contribution in [1.82, 2.24) is 0 Å². The standard InChI is InChI=1S/C11H13NO3/c1-14-11-7-3-2-4-8(13)10(7)15-9(11)5-6-12/h2-4,13H,5-6,12H2,1H3. The van der Waals surface area contributed by atoms with Gasteiger partial charge >= 0.3 is 0 Å². The predicted octanol–water partition coefficient (Wildman–Crippen LogP) is 1.65. The summed E-state index contributed by atoms with van der Waals surface area (Å²) >= 11 is 0. The van der Waals surface area contributed by atoms with E-state index in [-0.39, 0.29) is 5.75 Å². The zero-order valence-corrected chi connectivity index (χ0v) is 8.49. The van der Waals surface area contributed by atoms with Crippen molar-refractivity contribution in [3.63, 3.8) is 0 Å². The third-order valence-electron chi connectivity index (χ3n) is 2.29. The summed E-state index contributed by atoms with van der Waals surface area (Å²) in [6.07, 6.45) is 0.595. The fourth-order valence-electron chi connectivity index (χ4n) is 1.65. The SMILES string of the molecule is COc1c(CCN)oc2c(O)cccc12. The molecule has 4 heteroatoms. The number of nitrogens with two attached hydrogens (primary N) is 1. The van der Waals surface area contributed by atoms with E-state index in [4.69, 9.17) is 14.9 Å². The first-order valence-corrected chi connectivity index (χ1v) is 4.75. The Morgan fingerprint density at radius 2 is 2.27 bits per heavy atom. The maximum Gasteiger partial charge on any atom is 0.179 e. The largest absolute Gasteiger partial charge is 0.504 e. The Morgan fingerprint density at radius 3 is 2.93 bits per heavy atom. The van der Waals surface area contributed by atoms with Gasteiger partial charge in [-0.2, -0.15) is 0 Å². The molecule has 0 saturated carbocycles. The molecule has 0 bridgehead atoms. The Kier molecular flexibility index (Phi) is 2.51. The highest BCUT2D eigenvalue weighted by Crippen LogP contribution is 2.37. The highest BCUT2D eigenvalue weighted by atomic mass is 16.5. The first-order chi connectivity index (χ1) is 7.27. The van der Waals surface area contributed by atoms with Gasteiger partial charge in [-0.25, -0.2) is 0 Å². The van der Waals surface area contributed by atoms with Crippen LogP contribution in [0.5, 0.6) is 11.5 Å². The van der Waals surface area contributed by atoms with Crippen LogP contribution in [0.4, 0.5) is 0 Å². The van der Waals surface area contributed by atoms with Crippen LogP contribution in [-0.2, 0) is 6.42 Å². The summed E-state index contributed by atoms with van der Waals surface area (Å²) in [5.74, 6) is 1.46. The molecule has 2 aromatic rings. The number of methoxy groups -OCH3 is 1. The van der Waals surface area contributed by atoms with Crippen LogP contribution in [-0.4, -0.2) is 18.8 Å². The molecule has 0 amide bonds. The predicted molar refractivity (Wildman–Crippen MR) is 57.2 cm³/mol. The van der Waals surface area contributed by atoms with Gasteiger partial charge in [-0.1, -0.05) is 6.07 Å². The van der Waals surface area contributed by atoms with E-state index < -0.39 is 0 Å². The topological polar surface area (TPSA) is 68.6 Å². The number of hydrogen-bond donors (Lipinski definition) is 2. The van der Waals surface area contributed by atoms with E-state index in [1.54, 1.807) is 19.2 Å². The van der Waals surface area contributed by atoms with E-state index in [1.165, 1.54) is 0 Å². The Hall–Kier alpha value is -1.68. The minimum Gasteiger partial charge on any atom is -0.504 e. The minimum atomic E-state index is 0.120. The van der Waals surface area contributed by atoms with Gasteiger partial charge in [-0.15, -0.1) is 0 Å². The van der Waals surface area contributed by atoms with E-state index in [0.29, 0.717) is 30.1 Å². The van der Waals surface area contributed by atoms with Gasteiger partial charge in [-0.3, -0.25) is 0 Å². The van der Waals surface area contributed by atoms with Gasteiger partial charge in [0.05, 0.1) is 12.5 Å². The molecule has 0 radical (unpaired) electrons. The molecule has 0 aliphatic heterocycles. The molecule has 4 nitrogen and oxygen atoms in total. The number of hydrogen-bond acceptors (Lipinski definition) is 4. The van der Waals surface area contributed by atoms with Crippen LogP contribution in [0.1, 0.15) is 5.76 Å². The molecule has 1 heterocycles. The minimum absolute atomic E-state index is 0.120. The number of aromatic hydroxyl groups is 1. The molecule has 0 spiro atoms. The Labute approximate surface area is 87.2 Å². The van der Waals surface area contributed by atoms with Crippen LogP contribution in [0.15, 0.2) is 22.6 Å². The van der Waals surface area contributed by atoms with Crippen LogP contribution in [0.25, 0.3) is 11.0 Å². The van der Waals surface area contributed by atoms with E-state index >= 15 is 0 Å². The van der Waals surface area contributed by atoms with Crippen molar-refractivity contribution in [2.24, 2.45) is 5.73 Å². The van der Waals surface area contributed by atoms with Crippen LogP contribution in [0.3, 0.4) is 0 Å². The number of furan rings is 1.